The maximum absolute atomic E-state index is 13.2. The highest BCUT2D eigenvalue weighted by Gasteiger charge is 2.10. The number of nitro benzene ring substituents is 1. The summed E-state index contributed by atoms with van der Waals surface area (Å²) in [4.78, 5) is 9.97. The van der Waals surface area contributed by atoms with Gasteiger partial charge in [0.1, 0.15) is 5.82 Å². The van der Waals surface area contributed by atoms with Crippen LogP contribution in [0, 0.1) is 19.5 Å². The predicted molar refractivity (Wildman–Crippen MR) is 67.1 cm³/mol. The fraction of sp³-hybridized carbons (Fsp3) is 0.100. The molecule has 0 aliphatic heterocycles. The van der Waals surface area contributed by atoms with Gasteiger partial charge >= 0.3 is 0 Å². The van der Waals surface area contributed by atoms with Crippen LogP contribution in [0.4, 0.5) is 10.1 Å². The van der Waals surface area contributed by atoms with Crippen LogP contribution >= 0.6 is 22.6 Å². The van der Waals surface area contributed by atoms with E-state index in [4.69, 9.17) is 0 Å². The largest absolute Gasteiger partial charge is 0.272 e. The molecular formula is C10H7FIN3O2. The van der Waals surface area contributed by atoms with E-state index in [-0.39, 0.29) is 5.69 Å². The molecule has 0 aliphatic carbocycles. The summed E-state index contributed by atoms with van der Waals surface area (Å²) >= 11 is 2.10. The molecule has 0 radical (unpaired) electrons. The first-order valence-electron chi connectivity index (χ1n) is 4.66. The van der Waals surface area contributed by atoms with E-state index in [1.165, 1.54) is 12.1 Å². The van der Waals surface area contributed by atoms with Gasteiger partial charge < -0.3 is 0 Å². The summed E-state index contributed by atoms with van der Waals surface area (Å²) < 4.78 is 15.7. The molecule has 2 rings (SSSR count). The van der Waals surface area contributed by atoms with E-state index >= 15 is 0 Å². The quantitative estimate of drug-likeness (QED) is 0.487. The van der Waals surface area contributed by atoms with Crippen LogP contribution in [0.1, 0.15) is 5.56 Å². The summed E-state index contributed by atoms with van der Waals surface area (Å²) in [5.74, 6) is -0.615. The molecule has 5 nitrogen and oxygen atoms in total. The second kappa shape index (κ2) is 4.78. The van der Waals surface area contributed by atoms with E-state index in [9.17, 15) is 14.5 Å². The van der Waals surface area contributed by atoms with Gasteiger partial charge in [0, 0.05) is 12.3 Å². The SMILES string of the molecule is O=[N+]([O-])c1cc(F)cc(Cn2cc(I)cn2)c1. The Bertz CT molecular complexity index is 570. The standard InChI is InChI=1S/C10H7FIN3O2/c11-8-1-7(2-10(3-8)15(16)17)5-14-6-9(12)4-13-14/h1-4,6H,5H2. The van der Waals surface area contributed by atoms with Gasteiger partial charge in [0.15, 0.2) is 0 Å². The van der Waals surface area contributed by atoms with Crippen molar-refractivity contribution in [2.45, 2.75) is 6.54 Å². The minimum absolute atomic E-state index is 0.248. The molecule has 0 aliphatic rings. The molecule has 7 heteroatoms. The first-order valence-corrected chi connectivity index (χ1v) is 5.74. The van der Waals surface area contributed by atoms with Gasteiger partial charge in [0.05, 0.1) is 27.3 Å². The number of hydrogen-bond donors (Lipinski definition) is 0. The van der Waals surface area contributed by atoms with Crippen LogP contribution in [0.2, 0.25) is 0 Å². The zero-order chi connectivity index (χ0) is 12.4. The summed E-state index contributed by atoms with van der Waals surface area (Å²) in [6.07, 6.45) is 3.44. The number of non-ortho nitro benzene ring substituents is 1. The van der Waals surface area contributed by atoms with E-state index in [1.54, 1.807) is 17.1 Å². The van der Waals surface area contributed by atoms with Crippen molar-refractivity contribution >= 4 is 28.3 Å². The van der Waals surface area contributed by atoms with Crippen molar-refractivity contribution in [3.8, 4) is 0 Å². The average Bonchev–Trinajstić information content (AvgIpc) is 2.63. The van der Waals surface area contributed by atoms with Crippen molar-refractivity contribution in [3.63, 3.8) is 0 Å². The third-order valence-corrected chi connectivity index (χ3v) is 2.66. The Labute approximate surface area is 110 Å². The lowest BCUT2D eigenvalue weighted by molar-refractivity contribution is -0.385. The minimum Gasteiger partial charge on any atom is -0.267 e. The van der Waals surface area contributed by atoms with Crippen molar-refractivity contribution in [2.24, 2.45) is 0 Å². The van der Waals surface area contributed by atoms with Crippen molar-refractivity contribution in [1.82, 2.24) is 9.78 Å². The summed E-state index contributed by atoms with van der Waals surface area (Å²) in [6.45, 7) is 0.307. The highest BCUT2D eigenvalue weighted by atomic mass is 127. The van der Waals surface area contributed by atoms with Gasteiger partial charge in [-0.2, -0.15) is 5.10 Å². The molecule has 0 saturated heterocycles. The van der Waals surface area contributed by atoms with Crippen molar-refractivity contribution in [2.75, 3.05) is 0 Å². The Morgan fingerprint density at radius 2 is 2.24 bits per heavy atom. The Balaban J connectivity index is 2.29. The molecule has 1 aromatic carbocycles. The first-order chi connectivity index (χ1) is 8.04. The van der Waals surface area contributed by atoms with Gasteiger partial charge in [-0.15, -0.1) is 0 Å². The molecule has 0 fully saturated rings. The Morgan fingerprint density at radius 1 is 1.47 bits per heavy atom. The van der Waals surface area contributed by atoms with Gasteiger partial charge in [-0.05, 0) is 34.2 Å². The molecule has 17 heavy (non-hydrogen) atoms. The van der Waals surface area contributed by atoms with Crippen LogP contribution in [0.3, 0.4) is 0 Å². The van der Waals surface area contributed by atoms with Crippen molar-refractivity contribution in [3.05, 3.63) is 55.7 Å². The van der Waals surface area contributed by atoms with E-state index in [0.717, 1.165) is 9.64 Å². The zero-order valence-electron chi connectivity index (χ0n) is 8.51. The van der Waals surface area contributed by atoms with Crippen LogP contribution < -0.4 is 0 Å². The first kappa shape index (κ1) is 12.0. The molecule has 0 unspecified atom stereocenters. The number of aromatic nitrogens is 2. The molecule has 0 spiro atoms. The topological polar surface area (TPSA) is 61.0 Å². The smallest absolute Gasteiger partial charge is 0.267 e. The number of benzene rings is 1. The second-order valence-corrected chi connectivity index (χ2v) is 4.68. The number of halogens is 2. The van der Waals surface area contributed by atoms with Crippen molar-refractivity contribution in [1.29, 1.82) is 0 Å². The van der Waals surface area contributed by atoms with E-state index < -0.39 is 10.7 Å². The van der Waals surface area contributed by atoms with Crippen LogP contribution in [0.15, 0.2) is 30.6 Å². The maximum atomic E-state index is 13.2. The molecule has 0 saturated carbocycles. The molecule has 0 atom stereocenters. The average molecular weight is 347 g/mol. The summed E-state index contributed by atoms with van der Waals surface area (Å²) in [5.41, 5.74) is 0.262. The van der Waals surface area contributed by atoms with E-state index in [0.29, 0.717) is 12.1 Å². The third kappa shape index (κ3) is 2.99. The molecule has 2 aromatic rings. The van der Waals surface area contributed by atoms with E-state index in [2.05, 4.69) is 27.7 Å². The zero-order valence-corrected chi connectivity index (χ0v) is 10.7. The van der Waals surface area contributed by atoms with Gasteiger partial charge in [-0.1, -0.05) is 0 Å². The maximum Gasteiger partial charge on any atom is 0.272 e. The summed E-state index contributed by atoms with van der Waals surface area (Å²) in [5, 5.41) is 14.6. The summed E-state index contributed by atoms with van der Waals surface area (Å²) in [7, 11) is 0. The highest BCUT2D eigenvalue weighted by Crippen LogP contribution is 2.17. The van der Waals surface area contributed by atoms with Gasteiger partial charge in [0.2, 0.25) is 0 Å². The second-order valence-electron chi connectivity index (χ2n) is 3.43. The highest BCUT2D eigenvalue weighted by molar-refractivity contribution is 14.1. The number of hydrogen-bond acceptors (Lipinski definition) is 3. The Kier molecular flexibility index (Phi) is 3.36. The molecular weight excluding hydrogens is 340 g/mol. The van der Waals surface area contributed by atoms with E-state index in [1.807, 2.05) is 0 Å². The van der Waals surface area contributed by atoms with Gasteiger partial charge in [0.25, 0.3) is 5.69 Å². The molecule has 1 heterocycles. The van der Waals surface area contributed by atoms with Gasteiger partial charge in [-0.25, -0.2) is 4.39 Å². The fourth-order valence-corrected chi connectivity index (χ4v) is 1.89. The van der Waals surface area contributed by atoms with Crippen LogP contribution in [0.25, 0.3) is 0 Å². The number of nitrogens with zero attached hydrogens (tertiary/aromatic N) is 3. The lowest BCUT2D eigenvalue weighted by Crippen LogP contribution is -2.01. The minimum atomic E-state index is -0.615. The molecule has 1 aromatic heterocycles. The monoisotopic (exact) mass is 347 g/mol. The van der Waals surface area contributed by atoms with Crippen LogP contribution in [-0.2, 0) is 6.54 Å². The Morgan fingerprint density at radius 3 is 2.82 bits per heavy atom. The molecule has 0 bridgehead atoms. The van der Waals surface area contributed by atoms with Crippen LogP contribution in [0.5, 0.6) is 0 Å². The number of rotatable bonds is 3. The fourth-order valence-electron chi connectivity index (χ4n) is 1.44. The summed E-state index contributed by atoms with van der Waals surface area (Å²) in [6, 6.07) is 3.51. The van der Waals surface area contributed by atoms with Gasteiger partial charge in [-0.3, -0.25) is 14.8 Å². The predicted octanol–water partition coefficient (Wildman–Crippen LogP) is 2.58. The lowest BCUT2D eigenvalue weighted by atomic mass is 10.2. The third-order valence-electron chi connectivity index (χ3n) is 2.10. The lowest BCUT2D eigenvalue weighted by Gasteiger charge is -2.02. The molecule has 88 valence electrons. The van der Waals surface area contributed by atoms with Crippen LogP contribution in [-0.4, -0.2) is 14.7 Å². The number of nitro groups is 1. The molecule has 0 N–H and O–H groups in total. The molecule has 0 amide bonds. The Hall–Kier alpha value is -1.51. The van der Waals surface area contributed by atoms with Crippen molar-refractivity contribution < 1.29 is 9.31 Å². The normalized spacial score (nSPS) is 10.5.